The molecule has 0 aliphatic heterocycles. The second-order valence-corrected chi connectivity index (χ2v) is 11.6. The van der Waals surface area contributed by atoms with Gasteiger partial charge in [0.1, 0.15) is 0 Å². The molecule has 0 spiro atoms. The smallest absolute Gasteiger partial charge is 0.243 e. The zero-order valence-electron chi connectivity index (χ0n) is 17.9. The lowest BCUT2D eigenvalue weighted by atomic mass is 9.85. The number of hydrogen-bond acceptors (Lipinski definition) is 3. The van der Waals surface area contributed by atoms with E-state index in [2.05, 4.69) is 50.4 Å². The molecule has 5 nitrogen and oxygen atoms in total. The fourth-order valence-electron chi connectivity index (χ4n) is 3.44. The molecular formula is C23H29ClN2O3S. The summed E-state index contributed by atoms with van der Waals surface area (Å²) in [5.41, 5.74) is 2.56. The molecule has 1 N–H and O–H groups in total. The summed E-state index contributed by atoms with van der Waals surface area (Å²) >= 11 is 5.82. The number of carbonyl (C=O) groups excluding carboxylic acids is 1. The number of halogens is 1. The number of likely N-dealkylation sites (N-methyl/N-ethyl adjacent to an activating group) is 1. The Kier molecular flexibility index (Phi) is 6.33. The third-order valence-electron chi connectivity index (χ3n) is 5.73. The number of nitrogens with zero attached hydrogens (tertiary/aromatic N) is 1. The van der Waals surface area contributed by atoms with Gasteiger partial charge in [0.05, 0.1) is 11.4 Å². The molecule has 0 aromatic heterocycles. The minimum atomic E-state index is -3.75. The molecular weight excluding hydrogens is 420 g/mol. The molecule has 2 aromatic rings. The molecule has 0 saturated heterocycles. The first-order chi connectivity index (χ1) is 13.9. The van der Waals surface area contributed by atoms with Gasteiger partial charge < -0.3 is 5.32 Å². The van der Waals surface area contributed by atoms with E-state index in [4.69, 9.17) is 11.6 Å². The number of rotatable bonds is 7. The number of hydrogen-bond donors (Lipinski definition) is 1. The largest absolute Gasteiger partial charge is 0.354 e. The van der Waals surface area contributed by atoms with Crippen LogP contribution in [-0.2, 0) is 25.6 Å². The van der Waals surface area contributed by atoms with Crippen LogP contribution in [0.2, 0.25) is 5.02 Å². The number of benzene rings is 2. The third kappa shape index (κ3) is 5.05. The summed E-state index contributed by atoms with van der Waals surface area (Å²) in [6.45, 7) is 6.83. The highest BCUT2D eigenvalue weighted by Gasteiger charge is 2.44. The van der Waals surface area contributed by atoms with Crippen LogP contribution in [0.1, 0.15) is 44.7 Å². The van der Waals surface area contributed by atoms with E-state index in [1.165, 1.54) is 42.4 Å². The van der Waals surface area contributed by atoms with E-state index >= 15 is 0 Å². The molecule has 0 unspecified atom stereocenters. The molecule has 30 heavy (non-hydrogen) atoms. The molecule has 1 saturated carbocycles. The van der Waals surface area contributed by atoms with E-state index in [0.29, 0.717) is 11.6 Å². The van der Waals surface area contributed by atoms with Crippen molar-refractivity contribution < 1.29 is 13.2 Å². The van der Waals surface area contributed by atoms with E-state index < -0.39 is 10.0 Å². The standard InChI is InChI=1S/C23H29ClN2O3S/c1-22(2,3)17-5-7-18(8-6-17)23(13-14-23)16-25-21(27)15-26(4)30(28,29)20-11-9-19(24)10-12-20/h5-12H,13-16H2,1-4H3,(H,25,27). The SMILES string of the molecule is CN(CC(=O)NCC1(c2ccc(C(C)(C)C)cc2)CC1)S(=O)(=O)c1ccc(Cl)cc1. The van der Waals surface area contributed by atoms with Crippen molar-refractivity contribution in [2.45, 2.75) is 49.3 Å². The maximum absolute atomic E-state index is 12.6. The predicted octanol–water partition coefficient (Wildman–Crippen LogP) is 4.11. The fraction of sp³-hybridized carbons (Fsp3) is 0.435. The minimum absolute atomic E-state index is 0.0420. The number of nitrogens with one attached hydrogen (secondary N) is 1. The molecule has 1 aliphatic carbocycles. The van der Waals surface area contributed by atoms with Crippen molar-refractivity contribution >= 4 is 27.5 Å². The zero-order valence-corrected chi connectivity index (χ0v) is 19.5. The first-order valence-electron chi connectivity index (χ1n) is 10.0. The molecule has 1 amide bonds. The van der Waals surface area contributed by atoms with Gasteiger partial charge in [0, 0.05) is 24.0 Å². The fourth-order valence-corrected chi connectivity index (χ4v) is 4.69. The second-order valence-electron chi connectivity index (χ2n) is 9.10. The van der Waals surface area contributed by atoms with Gasteiger partial charge in [-0.25, -0.2) is 8.42 Å². The lowest BCUT2D eigenvalue weighted by Crippen LogP contribution is -2.41. The van der Waals surface area contributed by atoms with Crippen LogP contribution in [0, 0.1) is 0 Å². The van der Waals surface area contributed by atoms with Gasteiger partial charge in [-0.2, -0.15) is 4.31 Å². The Hall–Kier alpha value is -1.89. The molecule has 1 fully saturated rings. The molecule has 0 atom stereocenters. The van der Waals surface area contributed by atoms with Crippen molar-refractivity contribution in [3.8, 4) is 0 Å². The van der Waals surface area contributed by atoms with Crippen molar-refractivity contribution in [1.82, 2.24) is 9.62 Å². The molecule has 7 heteroatoms. The molecule has 162 valence electrons. The van der Waals surface area contributed by atoms with Gasteiger partial charge in [-0.15, -0.1) is 0 Å². The van der Waals surface area contributed by atoms with Crippen LogP contribution < -0.4 is 5.32 Å². The van der Waals surface area contributed by atoms with Gasteiger partial charge in [0.25, 0.3) is 0 Å². The summed E-state index contributed by atoms with van der Waals surface area (Å²) in [6.07, 6.45) is 2.03. The van der Waals surface area contributed by atoms with Gasteiger partial charge in [0.15, 0.2) is 0 Å². The average Bonchev–Trinajstić information content (AvgIpc) is 3.47. The van der Waals surface area contributed by atoms with Crippen LogP contribution in [0.3, 0.4) is 0 Å². The third-order valence-corrected chi connectivity index (χ3v) is 7.80. The van der Waals surface area contributed by atoms with Gasteiger partial charge in [0.2, 0.25) is 15.9 Å². The van der Waals surface area contributed by atoms with Crippen LogP contribution in [0.15, 0.2) is 53.4 Å². The van der Waals surface area contributed by atoms with Crippen LogP contribution in [0.4, 0.5) is 0 Å². The quantitative estimate of drug-likeness (QED) is 0.693. The molecule has 0 radical (unpaired) electrons. The Bertz CT molecular complexity index is 1010. The van der Waals surface area contributed by atoms with E-state index in [1.807, 2.05) is 0 Å². The van der Waals surface area contributed by atoms with Crippen LogP contribution in [-0.4, -0.2) is 38.8 Å². The monoisotopic (exact) mass is 448 g/mol. The van der Waals surface area contributed by atoms with Crippen LogP contribution >= 0.6 is 11.6 Å². The van der Waals surface area contributed by atoms with Crippen molar-refractivity contribution in [2.24, 2.45) is 0 Å². The maximum Gasteiger partial charge on any atom is 0.243 e. The number of carbonyl (C=O) groups is 1. The van der Waals surface area contributed by atoms with Gasteiger partial charge in [-0.3, -0.25) is 4.79 Å². The van der Waals surface area contributed by atoms with E-state index in [-0.39, 0.29) is 28.2 Å². The van der Waals surface area contributed by atoms with Gasteiger partial charge >= 0.3 is 0 Å². The summed E-state index contributed by atoms with van der Waals surface area (Å²) in [5, 5.41) is 3.38. The van der Waals surface area contributed by atoms with Gasteiger partial charge in [-0.1, -0.05) is 56.6 Å². The summed E-state index contributed by atoms with van der Waals surface area (Å²) in [5.74, 6) is -0.312. The minimum Gasteiger partial charge on any atom is -0.354 e. The highest BCUT2D eigenvalue weighted by atomic mass is 35.5. The topological polar surface area (TPSA) is 66.5 Å². The summed E-state index contributed by atoms with van der Waals surface area (Å²) in [4.78, 5) is 12.5. The molecule has 1 aliphatic rings. The zero-order chi connectivity index (χ0) is 22.2. The summed E-state index contributed by atoms with van der Waals surface area (Å²) < 4.78 is 26.3. The normalized spacial score (nSPS) is 15.8. The molecule has 0 bridgehead atoms. The van der Waals surface area contributed by atoms with Crippen LogP contribution in [0.25, 0.3) is 0 Å². The Balaban J connectivity index is 1.59. The Labute approximate surface area is 184 Å². The van der Waals surface area contributed by atoms with Crippen molar-refractivity contribution in [2.75, 3.05) is 20.1 Å². The first kappa shape index (κ1) is 22.8. The predicted molar refractivity (Wildman–Crippen MR) is 120 cm³/mol. The Morgan fingerprint density at radius 2 is 1.63 bits per heavy atom. The lowest BCUT2D eigenvalue weighted by Gasteiger charge is -2.22. The Morgan fingerprint density at radius 3 is 2.13 bits per heavy atom. The number of amides is 1. The number of sulfonamides is 1. The van der Waals surface area contributed by atoms with E-state index in [1.54, 1.807) is 0 Å². The molecule has 2 aromatic carbocycles. The van der Waals surface area contributed by atoms with Crippen molar-refractivity contribution in [3.05, 3.63) is 64.7 Å². The first-order valence-corrected chi connectivity index (χ1v) is 11.9. The summed E-state index contributed by atoms with van der Waals surface area (Å²) in [6, 6.07) is 14.5. The summed E-state index contributed by atoms with van der Waals surface area (Å²) in [7, 11) is -2.34. The second kappa shape index (κ2) is 8.33. The van der Waals surface area contributed by atoms with E-state index in [9.17, 15) is 13.2 Å². The highest BCUT2D eigenvalue weighted by Crippen LogP contribution is 2.47. The average molecular weight is 449 g/mol. The van der Waals surface area contributed by atoms with Crippen molar-refractivity contribution in [3.63, 3.8) is 0 Å². The van der Waals surface area contributed by atoms with E-state index in [0.717, 1.165) is 17.1 Å². The highest BCUT2D eigenvalue weighted by molar-refractivity contribution is 7.89. The Morgan fingerprint density at radius 1 is 1.07 bits per heavy atom. The van der Waals surface area contributed by atoms with Crippen molar-refractivity contribution in [1.29, 1.82) is 0 Å². The molecule has 0 heterocycles. The van der Waals surface area contributed by atoms with Gasteiger partial charge in [-0.05, 0) is 53.6 Å². The molecule has 3 rings (SSSR count). The van der Waals surface area contributed by atoms with Crippen LogP contribution in [0.5, 0.6) is 0 Å². The maximum atomic E-state index is 12.6. The lowest BCUT2D eigenvalue weighted by molar-refractivity contribution is -0.121.